The van der Waals surface area contributed by atoms with Crippen molar-refractivity contribution in [2.24, 2.45) is 0 Å². The van der Waals surface area contributed by atoms with Gasteiger partial charge in [-0.2, -0.15) is 8.78 Å². The van der Waals surface area contributed by atoms with E-state index in [-0.39, 0.29) is 5.69 Å². The minimum absolute atomic E-state index is 0.251. The number of alkyl halides is 2. The van der Waals surface area contributed by atoms with E-state index in [1.165, 1.54) is 30.3 Å². The van der Waals surface area contributed by atoms with Crippen molar-refractivity contribution in [3.63, 3.8) is 0 Å². The third kappa shape index (κ3) is 4.88. The molecule has 1 heterocycles. The number of anilines is 1. The summed E-state index contributed by atoms with van der Waals surface area (Å²) in [4.78, 5) is 26.2. The molecule has 2 rings (SSSR count). The van der Waals surface area contributed by atoms with Crippen molar-refractivity contribution >= 4 is 29.3 Å². The zero-order valence-corrected chi connectivity index (χ0v) is 12.0. The molecule has 0 unspecified atom stereocenters. The number of halogens is 2. The molecule has 1 aromatic carbocycles. The first-order chi connectivity index (χ1) is 10.5. The van der Waals surface area contributed by atoms with Gasteiger partial charge in [-0.05, 0) is 36.4 Å². The predicted octanol–water partition coefficient (Wildman–Crippen LogP) is 3.12. The van der Waals surface area contributed by atoms with E-state index in [1.807, 2.05) is 0 Å². The van der Waals surface area contributed by atoms with Gasteiger partial charge in [0.15, 0.2) is 6.61 Å². The quantitative estimate of drug-likeness (QED) is 0.632. The van der Waals surface area contributed by atoms with Gasteiger partial charge in [-0.25, -0.2) is 4.79 Å². The third-order valence-electron chi connectivity index (χ3n) is 2.52. The first kappa shape index (κ1) is 16.0. The molecule has 0 spiro atoms. The van der Waals surface area contributed by atoms with Gasteiger partial charge in [0.05, 0.1) is 0 Å². The van der Waals surface area contributed by atoms with E-state index < -0.39 is 24.2 Å². The van der Waals surface area contributed by atoms with Crippen LogP contribution in [0.3, 0.4) is 0 Å². The van der Waals surface area contributed by atoms with Crippen LogP contribution in [0, 0.1) is 0 Å². The van der Waals surface area contributed by atoms with Crippen LogP contribution in [0.2, 0.25) is 0 Å². The van der Waals surface area contributed by atoms with E-state index in [0.29, 0.717) is 22.3 Å². The number of amides is 1. The Morgan fingerprint density at radius 2 is 1.95 bits per heavy atom. The second kappa shape index (κ2) is 7.60. The molecule has 1 aromatic heterocycles. The Balaban J connectivity index is 1.80. The molecule has 0 fully saturated rings. The van der Waals surface area contributed by atoms with Crippen LogP contribution in [0.25, 0.3) is 0 Å². The predicted molar refractivity (Wildman–Crippen MR) is 78.0 cm³/mol. The molecule has 116 valence electrons. The number of benzene rings is 1. The highest BCUT2D eigenvalue weighted by Crippen LogP contribution is 2.26. The normalized spacial score (nSPS) is 10.5. The van der Waals surface area contributed by atoms with Crippen LogP contribution in [0.15, 0.2) is 47.5 Å². The van der Waals surface area contributed by atoms with Gasteiger partial charge in [-0.3, -0.25) is 4.79 Å². The number of ether oxygens (including phenoxy) is 1. The summed E-state index contributed by atoms with van der Waals surface area (Å²) < 4.78 is 29.1. The van der Waals surface area contributed by atoms with Crippen molar-refractivity contribution in [1.29, 1.82) is 0 Å². The van der Waals surface area contributed by atoms with Gasteiger partial charge >= 0.3 is 5.97 Å². The Morgan fingerprint density at radius 3 is 2.55 bits per heavy atom. The van der Waals surface area contributed by atoms with Crippen LogP contribution in [0.5, 0.6) is 0 Å². The van der Waals surface area contributed by atoms with Gasteiger partial charge < -0.3 is 15.0 Å². The standard InChI is InChI=1S/C14H12F2N2O3S/c15-14(16)22-10-5-3-9(4-6-10)18-12(19)8-21-13(20)11-2-1-7-17-11/h1-7,14,17H,8H2,(H,18,19). The maximum atomic E-state index is 12.2. The smallest absolute Gasteiger partial charge is 0.355 e. The number of aromatic nitrogens is 1. The van der Waals surface area contributed by atoms with Crippen LogP contribution in [-0.2, 0) is 9.53 Å². The molecule has 0 saturated heterocycles. The Bertz CT molecular complexity index is 630. The maximum absolute atomic E-state index is 12.2. The molecular formula is C14H12F2N2O3S. The van der Waals surface area contributed by atoms with Crippen molar-refractivity contribution < 1.29 is 23.1 Å². The number of aromatic amines is 1. The number of hydrogen-bond acceptors (Lipinski definition) is 4. The van der Waals surface area contributed by atoms with E-state index in [1.54, 1.807) is 12.3 Å². The van der Waals surface area contributed by atoms with Crippen LogP contribution in [-0.4, -0.2) is 29.2 Å². The van der Waals surface area contributed by atoms with Crippen LogP contribution in [0.1, 0.15) is 10.5 Å². The molecule has 8 heteroatoms. The average Bonchev–Trinajstić information content (AvgIpc) is 3.00. The summed E-state index contributed by atoms with van der Waals surface area (Å²) in [5.41, 5.74) is 0.681. The lowest BCUT2D eigenvalue weighted by molar-refractivity contribution is -0.119. The van der Waals surface area contributed by atoms with Gasteiger partial charge in [-0.15, -0.1) is 0 Å². The second-order valence-electron chi connectivity index (χ2n) is 4.11. The lowest BCUT2D eigenvalue weighted by atomic mass is 10.3. The van der Waals surface area contributed by atoms with Gasteiger partial charge in [0.1, 0.15) is 5.69 Å². The van der Waals surface area contributed by atoms with Crippen LogP contribution >= 0.6 is 11.8 Å². The molecule has 2 N–H and O–H groups in total. The van der Waals surface area contributed by atoms with E-state index in [4.69, 9.17) is 4.74 Å². The summed E-state index contributed by atoms with van der Waals surface area (Å²) >= 11 is 0.420. The molecule has 0 aliphatic carbocycles. The fourth-order valence-corrected chi connectivity index (χ4v) is 2.08. The first-order valence-electron chi connectivity index (χ1n) is 6.20. The van der Waals surface area contributed by atoms with Crippen molar-refractivity contribution in [2.45, 2.75) is 10.7 Å². The average molecular weight is 326 g/mol. The molecule has 0 radical (unpaired) electrons. The SMILES string of the molecule is O=C(COC(=O)c1ccc[nH]1)Nc1ccc(SC(F)F)cc1. The zero-order chi connectivity index (χ0) is 15.9. The molecule has 2 aromatic rings. The molecular weight excluding hydrogens is 314 g/mol. The fourth-order valence-electron chi connectivity index (χ4n) is 1.58. The number of carbonyl (C=O) groups excluding carboxylic acids is 2. The first-order valence-corrected chi connectivity index (χ1v) is 7.08. The highest BCUT2D eigenvalue weighted by molar-refractivity contribution is 7.99. The maximum Gasteiger partial charge on any atom is 0.355 e. The molecule has 1 amide bonds. The fraction of sp³-hybridized carbons (Fsp3) is 0.143. The largest absolute Gasteiger partial charge is 0.451 e. The van der Waals surface area contributed by atoms with E-state index in [9.17, 15) is 18.4 Å². The van der Waals surface area contributed by atoms with Crippen molar-refractivity contribution in [3.8, 4) is 0 Å². The van der Waals surface area contributed by atoms with Gasteiger partial charge in [-0.1, -0.05) is 11.8 Å². The van der Waals surface area contributed by atoms with Crippen LogP contribution in [0.4, 0.5) is 14.5 Å². The van der Waals surface area contributed by atoms with E-state index >= 15 is 0 Å². The number of esters is 1. The summed E-state index contributed by atoms with van der Waals surface area (Å²) in [5, 5.41) is 2.50. The molecule has 0 atom stereocenters. The monoisotopic (exact) mass is 326 g/mol. The van der Waals surface area contributed by atoms with Crippen LogP contribution < -0.4 is 5.32 Å². The minimum Gasteiger partial charge on any atom is -0.451 e. The molecule has 0 bridgehead atoms. The number of rotatable bonds is 6. The molecule has 5 nitrogen and oxygen atoms in total. The van der Waals surface area contributed by atoms with E-state index in [0.717, 1.165) is 0 Å². The molecule has 0 aliphatic rings. The molecule has 0 saturated carbocycles. The zero-order valence-electron chi connectivity index (χ0n) is 11.2. The Hall–Kier alpha value is -2.35. The lowest BCUT2D eigenvalue weighted by Gasteiger charge is -2.07. The summed E-state index contributed by atoms with van der Waals surface area (Å²) in [7, 11) is 0. The Morgan fingerprint density at radius 1 is 1.23 bits per heavy atom. The second-order valence-corrected chi connectivity index (χ2v) is 5.17. The molecule has 0 aliphatic heterocycles. The highest BCUT2D eigenvalue weighted by atomic mass is 32.2. The lowest BCUT2D eigenvalue weighted by Crippen LogP contribution is -2.21. The summed E-state index contributed by atoms with van der Waals surface area (Å²) in [6.45, 7) is -0.439. The van der Waals surface area contributed by atoms with Crippen molar-refractivity contribution in [2.75, 3.05) is 11.9 Å². The number of carbonyl (C=O) groups is 2. The number of H-pyrrole nitrogens is 1. The van der Waals surface area contributed by atoms with Gasteiger partial charge in [0, 0.05) is 16.8 Å². The Labute approximate surface area is 129 Å². The van der Waals surface area contributed by atoms with Crippen molar-refractivity contribution in [1.82, 2.24) is 4.98 Å². The van der Waals surface area contributed by atoms with E-state index in [2.05, 4.69) is 10.3 Å². The summed E-state index contributed by atoms with van der Waals surface area (Å²) in [6, 6.07) is 9.09. The number of hydrogen-bond donors (Lipinski definition) is 2. The number of nitrogens with one attached hydrogen (secondary N) is 2. The van der Waals surface area contributed by atoms with Gasteiger partial charge in [0.2, 0.25) is 0 Å². The summed E-state index contributed by atoms with van der Waals surface area (Å²) in [5.74, 6) is -3.65. The number of thioether (sulfide) groups is 1. The van der Waals surface area contributed by atoms with Crippen molar-refractivity contribution in [3.05, 3.63) is 48.3 Å². The third-order valence-corrected chi connectivity index (χ3v) is 3.24. The summed E-state index contributed by atoms with van der Waals surface area (Å²) in [6.07, 6.45) is 1.57. The highest BCUT2D eigenvalue weighted by Gasteiger charge is 2.11. The molecule has 22 heavy (non-hydrogen) atoms. The Kier molecular flexibility index (Phi) is 5.54. The topological polar surface area (TPSA) is 71.2 Å². The minimum atomic E-state index is -2.49. The van der Waals surface area contributed by atoms with Gasteiger partial charge in [0.25, 0.3) is 11.7 Å².